The molecule has 0 amide bonds. The minimum Gasteiger partial charge on any atom is -0.361 e. The Morgan fingerprint density at radius 3 is 2.75 bits per heavy atom. The molecule has 2 rings (SSSR count). The Balaban J connectivity index is 1.90. The fourth-order valence-electron chi connectivity index (χ4n) is 1.89. The summed E-state index contributed by atoms with van der Waals surface area (Å²) in [6.45, 7) is 4.33. The van der Waals surface area contributed by atoms with Gasteiger partial charge in [-0.2, -0.15) is 0 Å². The van der Waals surface area contributed by atoms with Crippen molar-refractivity contribution < 1.29 is 8.42 Å². The lowest BCUT2D eigenvalue weighted by molar-refractivity contribution is 0.541. The second-order valence-corrected chi connectivity index (χ2v) is 8.04. The zero-order valence-electron chi connectivity index (χ0n) is 9.64. The number of sulfone groups is 1. The van der Waals surface area contributed by atoms with Crippen molar-refractivity contribution in [3.8, 4) is 0 Å². The molecule has 0 aromatic carbocycles. The van der Waals surface area contributed by atoms with Crippen molar-refractivity contribution in [2.24, 2.45) is 10.9 Å². The maximum Gasteiger partial charge on any atom is 0.157 e. The molecular formula is C10H18N2O2S2. The molecule has 0 bridgehead atoms. The summed E-state index contributed by atoms with van der Waals surface area (Å²) in [4.78, 5) is 4.57. The summed E-state index contributed by atoms with van der Waals surface area (Å²) in [7, 11) is -2.79. The Morgan fingerprint density at radius 2 is 2.25 bits per heavy atom. The van der Waals surface area contributed by atoms with Crippen LogP contribution in [-0.4, -0.2) is 42.9 Å². The van der Waals surface area contributed by atoms with Crippen LogP contribution in [0.2, 0.25) is 0 Å². The molecule has 0 aromatic heterocycles. The fourth-order valence-corrected chi connectivity index (χ4v) is 4.81. The van der Waals surface area contributed by atoms with Gasteiger partial charge in [0.2, 0.25) is 0 Å². The number of hydrogen-bond acceptors (Lipinski definition) is 5. The van der Waals surface area contributed by atoms with E-state index in [1.54, 1.807) is 11.8 Å². The highest BCUT2D eigenvalue weighted by Gasteiger charge is 2.30. The van der Waals surface area contributed by atoms with Gasteiger partial charge in [0, 0.05) is 11.8 Å². The van der Waals surface area contributed by atoms with Crippen molar-refractivity contribution in [1.82, 2.24) is 5.32 Å². The second-order valence-electron chi connectivity index (χ2n) is 4.80. The average molecular weight is 262 g/mol. The van der Waals surface area contributed by atoms with Gasteiger partial charge in [-0.15, -0.1) is 0 Å². The Labute approximate surface area is 101 Å². The molecule has 2 unspecified atom stereocenters. The number of nitrogens with one attached hydrogen (secondary N) is 1. The topological polar surface area (TPSA) is 58.5 Å². The third kappa shape index (κ3) is 2.91. The van der Waals surface area contributed by atoms with Gasteiger partial charge in [0.05, 0.1) is 17.5 Å². The molecule has 92 valence electrons. The van der Waals surface area contributed by atoms with E-state index in [9.17, 15) is 8.42 Å². The van der Waals surface area contributed by atoms with Gasteiger partial charge >= 0.3 is 0 Å². The van der Waals surface area contributed by atoms with Crippen LogP contribution in [0.15, 0.2) is 4.99 Å². The van der Waals surface area contributed by atoms with Gasteiger partial charge in [0.25, 0.3) is 0 Å². The molecule has 1 saturated heterocycles. The zero-order valence-corrected chi connectivity index (χ0v) is 11.3. The largest absolute Gasteiger partial charge is 0.361 e. The Morgan fingerprint density at radius 1 is 1.50 bits per heavy atom. The molecule has 1 N–H and O–H groups in total. The van der Waals surface area contributed by atoms with Crippen molar-refractivity contribution in [1.29, 1.82) is 0 Å². The van der Waals surface area contributed by atoms with E-state index in [0.717, 1.165) is 10.9 Å². The summed E-state index contributed by atoms with van der Waals surface area (Å²) in [5.74, 6) is 2.15. The maximum atomic E-state index is 11.3. The standard InChI is InChI=1S/C10H18N2O2S2/c1-7(2)9-5-15-10(12-9)11-8-3-4-16(13,14)6-8/h7-9H,3-6H2,1-2H3,(H,11,12). The Kier molecular flexibility index (Phi) is 3.49. The molecule has 0 radical (unpaired) electrons. The average Bonchev–Trinajstić information content (AvgIpc) is 2.73. The molecule has 4 nitrogen and oxygen atoms in total. The third-order valence-corrected chi connectivity index (χ3v) is 5.78. The van der Waals surface area contributed by atoms with Gasteiger partial charge in [-0.25, -0.2) is 8.42 Å². The summed E-state index contributed by atoms with van der Waals surface area (Å²) in [5, 5.41) is 4.18. The highest BCUT2D eigenvalue weighted by molar-refractivity contribution is 8.14. The van der Waals surface area contributed by atoms with Crippen molar-refractivity contribution in [2.75, 3.05) is 17.3 Å². The lowest BCUT2D eigenvalue weighted by Gasteiger charge is -2.11. The first-order valence-corrected chi connectivity index (χ1v) is 8.44. The lowest BCUT2D eigenvalue weighted by Crippen LogP contribution is -2.33. The van der Waals surface area contributed by atoms with E-state index in [1.165, 1.54) is 0 Å². The normalized spacial score (nSPS) is 33.1. The number of nitrogens with zero attached hydrogens (tertiary/aromatic N) is 1. The first-order valence-electron chi connectivity index (χ1n) is 5.64. The molecule has 1 fully saturated rings. The van der Waals surface area contributed by atoms with E-state index in [0.29, 0.717) is 24.1 Å². The van der Waals surface area contributed by atoms with E-state index >= 15 is 0 Å². The Hall–Kier alpha value is -0.230. The van der Waals surface area contributed by atoms with Crippen molar-refractivity contribution in [3.05, 3.63) is 0 Å². The van der Waals surface area contributed by atoms with Gasteiger partial charge in [-0.1, -0.05) is 25.6 Å². The molecule has 2 heterocycles. The fraction of sp³-hybridized carbons (Fsp3) is 0.900. The van der Waals surface area contributed by atoms with Gasteiger partial charge in [-0.3, -0.25) is 4.99 Å². The second kappa shape index (κ2) is 4.56. The Bertz CT molecular complexity index is 390. The predicted octanol–water partition coefficient (Wildman–Crippen LogP) is 0.890. The number of amidine groups is 1. The number of thioether (sulfide) groups is 1. The quantitative estimate of drug-likeness (QED) is 0.803. The molecule has 16 heavy (non-hydrogen) atoms. The maximum absolute atomic E-state index is 11.3. The molecule has 0 aliphatic carbocycles. The van der Waals surface area contributed by atoms with Crippen molar-refractivity contribution in [2.45, 2.75) is 32.4 Å². The monoisotopic (exact) mass is 262 g/mol. The van der Waals surface area contributed by atoms with Gasteiger partial charge < -0.3 is 5.32 Å². The van der Waals surface area contributed by atoms with Crippen molar-refractivity contribution in [3.63, 3.8) is 0 Å². The van der Waals surface area contributed by atoms with Crippen LogP contribution in [0.25, 0.3) is 0 Å². The van der Waals surface area contributed by atoms with E-state index < -0.39 is 9.84 Å². The molecular weight excluding hydrogens is 244 g/mol. The molecule has 2 atom stereocenters. The molecule has 0 saturated carbocycles. The van der Waals surface area contributed by atoms with Crippen LogP contribution >= 0.6 is 11.8 Å². The summed E-state index contributed by atoms with van der Waals surface area (Å²) in [6, 6.07) is 0.452. The third-order valence-electron chi connectivity index (χ3n) is 3.00. The van der Waals surface area contributed by atoms with Crippen LogP contribution in [0.3, 0.4) is 0 Å². The van der Waals surface area contributed by atoms with Gasteiger partial charge in [-0.05, 0) is 12.3 Å². The van der Waals surface area contributed by atoms with Crippen LogP contribution < -0.4 is 5.32 Å². The van der Waals surface area contributed by atoms with E-state index in [1.807, 2.05) is 0 Å². The van der Waals surface area contributed by atoms with Crippen molar-refractivity contribution >= 4 is 26.8 Å². The first-order chi connectivity index (χ1) is 7.46. The van der Waals surface area contributed by atoms with Crippen LogP contribution in [0, 0.1) is 5.92 Å². The van der Waals surface area contributed by atoms with Crippen LogP contribution in [-0.2, 0) is 9.84 Å². The van der Waals surface area contributed by atoms with E-state index in [2.05, 4.69) is 24.2 Å². The number of hydrogen-bond donors (Lipinski definition) is 1. The summed E-state index contributed by atoms with van der Waals surface area (Å²) in [6.07, 6.45) is 0.717. The van der Waals surface area contributed by atoms with E-state index in [4.69, 9.17) is 0 Å². The smallest absolute Gasteiger partial charge is 0.157 e. The zero-order chi connectivity index (χ0) is 11.8. The first kappa shape index (κ1) is 12.2. The molecule has 0 spiro atoms. The highest BCUT2D eigenvalue weighted by Crippen LogP contribution is 2.23. The minimum absolute atomic E-state index is 0.0714. The van der Waals surface area contributed by atoms with Gasteiger partial charge in [0.15, 0.2) is 15.0 Å². The predicted molar refractivity (Wildman–Crippen MR) is 68.7 cm³/mol. The van der Waals surface area contributed by atoms with Crippen LogP contribution in [0.5, 0.6) is 0 Å². The lowest BCUT2D eigenvalue weighted by atomic mass is 10.1. The van der Waals surface area contributed by atoms with E-state index in [-0.39, 0.29) is 11.8 Å². The van der Waals surface area contributed by atoms with Gasteiger partial charge in [0.1, 0.15) is 0 Å². The minimum atomic E-state index is -2.79. The summed E-state index contributed by atoms with van der Waals surface area (Å²) >= 11 is 1.71. The van der Waals surface area contributed by atoms with Crippen LogP contribution in [0.1, 0.15) is 20.3 Å². The number of aliphatic imine (C=N–C) groups is 1. The summed E-state index contributed by atoms with van der Waals surface area (Å²) in [5.41, 5.74) is 0. The van der Waals surface area contributed by atoms with Crippen LogP contribution in [0.4, 0.5) is 0 Å². The molecule has 2 aliphatic heterocycles. The molecule has 2 aliphatic rings. The SMILES string of the molecule is CC(C)C1CSC(NC2CCS(=O)(=O)C2)=N1. The molecule has 0 aromatic rings. The number of rotatable bonds is 2. The molecule has 6 heteroatoms. The summed E-state index contributed by atoms with van der Waals surface area (Å²) < 4.78 is 22.6. The highest BCUT2D eigenvalue weighted by atomic mass is 32.2.